The zero-order valence-corrected chi connectivity index (χ0v) is 11.1. The van der Waals surface area contributed by atoms with Crippen molar-refractivity contribution in [2.24, 2.45) is 5.73 Å². The van der Waals surface area contributed by atoms with E-state index in [2.05, 4.69) is 21.2 Å². The van der Waals surface area contributed by atoms with E-state index in [1.165, 1.54) is 0 Å². The molecule has 1 aromatic rings. The number of amides is 1. The van der Waals surface area contributed by atoms with Crippen LogP contribution >= 0.6 is 15.9 Å². The molecule has 0 atom stereocenters. The van der Waals surface area contributed by atoms with Crippen molar-refractivity contribution in [2.75, 3.05) is 12.4 Å². The molecule has 1 amide bonds. The van der Waals surface area contributed by atoms with E-state index in [4.69, 9.17) is 10.5 Å². The molecule has 0 fully saturated rings. The summed E-state index contributed by atoms with van der Waals surface area (Å²) in [4.78, 5) is 11.7. The highest BCUT2D eigenvalue weighted by Gasteiger charge is 2.22. The molecule has 0 saturated heterocycles. The van der Waals surface area contributed by atoms with Gasteiger partial charge in [0.15, 0.2) is 0 Å². The molecule has 88 valence electrons. The number of nitrogens with two attached hydrogens (primary N) is 1. The fourth-order valence-electron chi connectivity index (χ4n) is 1.06. The second kappa shape index (κ2) is 4.84. The monoisotopic (exact) mass is 286 g/mol. The summed E-state index contributed by atoms with van der Waals surface area (Å²) in [5, 5.41) is 2.72. The number of methoxy groups -OCH3 is 1. The van der Waals surface area contributed by atoms with Crippen LogP contribution in [0.5, 0.6) is 5.75 Å². The molecule has 0 bridgehead atoms. The van der Waals surface area contributed by atoms with Gasteiger partial charge in [0.25, 0.3) is 0 Å². The van der Waals surface area contributed by atoms with Crippen molar-refractivity contribution in [2.45, 2.75) is 19.4 Å². The Balaban J connectivity index is 2.96. The van der Waals surface area contributed by atoms with Crippen molar-refractivity contribution in [1.82, 2.24) is 0 Å². The van der Waals surface area contributed by atoms with Crippen molar-refractivity contribution in [3.63, 3.8) is 0 Å². The quantitative estimate of drug-likeness (QED) is 0.895. The predicted octanol–water partition coefficient (Wildman–Crippen LogP) is 2.13. The molecule has 0 aliphatic heterocycles. The molecule has 1 rings (SSSR count). The molecule has 0 radical (unpaired) electrons. The third kappa shape index (κ3) is 3.21. The highest BCUT2D eigenvalue weighted by atomic mass is 79.9. The first-order valence-corrected chi connectivity index (χ1v) is 5.58. The maximum absolute atomic E-state index is 11.7. The van der Waals surface area contributed by atoms with E-state index in [-0.39, 0.29) is 5.91 Å². The third-order valence-electron chi connectivity index (χ3n) is 1.99. The summed E-state index contributed by atoms with van der Waals surface area (Å²) in [6.45, 7) is 3.29. The number of benzene rings is 1. The van der Waals surface area contributed by atoms with Crippen LogP contribution in [0.25, 0.3) is 0 Å². The molecule has 0 aromatic heterocycles. The summed E-state index contributed by atoms with van der Waals surface area (Å²) in [5.74, 6) is 0.338. The minimum Gasteiger partial charge on any atom is -0.495 e. The lowest BCUT2D eigenvalue weighted by atomic mass is 10.1. The number of rotatable bonds is 3. The largest absolute Gasteiger partial charge is 0.495 e. The van der Waals surface area contributed by atoms with Crippen molar-refractivity contribution >= 4 is 27.5 Å². The Morgan fingerprint density at radius 3 is 2.62 bits per heavy atom. The van der Waals surface area contributed by atoms with Gasteiger partial charge in [-0.15, -0.1) is 0 Å². The van der Waals surface area contributed by atoms with E-state index >= 15 is 0 Å². The van der Waals surface area contributed by atoms with Gasteiger partial charge < -0.3 is 15.8 Å². The van der Waals surface area contributed by atoms with Crippen molar-refractivity contribution in [3.05, 3.63) is 22.7 Å². The fourth-order valence-corrected chi connectivity index (χ4v) is 1.42. The van der Waals surface area contributed by atoms with Gasteiger partial charge in [-0.3, -0.25) is 4.79 Å². The number of hydrogen-bond acceptors (Lipinski definition) is 3. The van der Waals surface area contributed by atoms with E-state index in [0.29, 0.717) is 11.4 Å². The molecule has 3 N–H and O–H groups in total. The third-order valence-corrected chi connectivity index (χ3v) is 2.49. The highest BCUT2D eigenvalue weighted by Crippen LogP contribution is 2.28. The molecule has 16 heavy (non-hydrogen) atoms. The first kappa shape index (κ1) is 13.0. The number of ether oxygens (including phenoxy) is 1. The van der Waals surface area contributed by atoms with E-state index in [9.17, 15) is 4.79 Å². The van der Waals surface area contributed by atoms with E-state index in [1.54, 1.807) is 33.1 Å². The molecule has 0 aliphatic rings. The molecule has 0 unspecified atom stereocenters. The lowest BCUT2D eigenvalue weighted by Crippen LogP contribution is -2.45. The number of hydrogen-bond donors (Lipinski definition) is 2. The van der Waals surface area contributed by atoms with Crippen LogP contribution in [0.2, 0.25) is 0 Å². The van der Waals surface area contributed by atoms with Gasteiger partial charge in [0.05, 0.1) is 18.3 Å². The number of carbonyl (C=O) groups is 1. The maximum Gasteiger partial charge on any atom is 0.243 e. The minimum absolute atomic E-state index is 0.260. The van der Waals surface area contributed by atoms with Gasteiger partial charge in [-0.25, -0.2) is 0 Å². The Labute approximate surface area is 103 Å². The number of anilines is 1. The summed E-state index contributed by atoms with van der Waals surface area (Å²) in [7, 11) is 1.55. The van der Waals surface area contributed by atoms with E-state index < -0.39 is 5.54 Å². The summed E-state index contributed by atoms with van der Waals surface area (Å²) in [6, 6.07) is 5.37. The van der Waals surface area contributed by atoms with Gasteiger partial charge in [0, 0.05) is 4.47 Å². The Kier molecular flexibility index (Phi) is 3.93. The fraction of sp³-hybridized carbons (Fsp3) is 0.364. The minimum atomic E-state index is -0.923. The summed E-state index contributed by atoms with van der Waals surface area (Å²) >= 11 is 3.33. The average molecular weight is 287 g/mol. The van der Waals surface area contributed by atoms with E-state index in [1.807, 2.05) is 6.07 Å². The zero-order valence-electron chi connectivity index (χ0n) is 9.50. The topological polar surface area (TPSA) is 64.3 Å². The van der Waals surface area contributed by atoms with Crippen molar-refractivity contribution in [3.8, 4) is 5.75 Å². The summed E-state index contributed by atoms with van der Waals surface area (Å²) in [6.07, 6.45) is 0. The Morgan fingerprint density at radius 2 is 2.12 bits per heavy atom. The molecule has 5 heteroatoms. The van der Waals surface area contributed by atoms with Gasteiger partial charge in [-0.1, -0.05) is 15.9 Å². The van der Waals surface area contributed by atoms with Gasteiger partial charge in [-0.2, -0.15) is 0 Å². The predicted molar refractivity (Wildman–Crippen MR) is 67.6 cm³/mol. The Bertz CT molecular complexity index is 399. The molecule has 0 aliphatic carbocycles. The molecular weight excluding hydrogens is 272 g/mol. The highest BCUT2D eigenvalue weighted by molar-refractivity contribution is 9.10. The Hall–Kier alpha value is -1.07. The van der Waals surface area contributed by atoms with Crippen LogP contribution < -0.4 is 15.8 Å². The lowest BCUT2D eigenvalue weighted by molar-refractivity contribution is -0.120. The van der Waals surface area contributed by atoms with Crippen LogP contribution in [0.3, 0.4) is 0 Å². The number of nitrogens with one attached hydrogen (secondary N) is 1. The maximum atomic E-state index is 11.7. The van der Waals surface area contributed by atoms with Crippen LogP contribution in [-0.2, 0) is 4.79 Å². The SMILES string of the molecule is COc1ccc(Br)cc1NC(=O)C(C)(C)N. The molecule has 0 spiro atoms. The lowest BCUT2D eigenvalue weighted by Gasteiger charge is -2.19. The van der Waals surface area contributed by atoms with Crippen LogP contribution in [0.1, 0.15) is 13.8 Å². The van der Waals surface area contributed by atoms with Gasteiger partial charge >= 0.3 is 0 Å². The number of carbonyl (C=O) groups excluding carboxylic acids is 1. The van der Waals surface area contributed by atoms with Crippen LogP contribution in [0.4, 0.5) is 5.69 Å². The van der Waals surface area contributed by atoms with Crippen LogP contribution in [0.15, 0.2) is 22.7 Å². The first-order valence-electron chi connectivity index (χ1n) is 4.78. The normalized spacial score (nSPS) is 11.1. The average Bonchev–Trinajstić information content (AvgIpc) is 2.16. The van der Waals surface area contributed by atoms with Gasteiger partial charge in [0.2, 0.25) is 5.91 Å². The molecule has 0 heterocycles. The van der Waals surface area contributed by atoms with Crippen LogP contribution in [-0.4, -0.2) is 18.6 Å². The van der Waals surface area contributed by atoms with Crippen molar-refractivity contribution < 1.29 is 9.53 Å². The van der Waals surface area contributed by atoms with Crippen molar-refractivity contribution in [1.29, 1.82) is 0 Å². The second-order valence-corrected chi connectivity index (χ2v) is 4.94. The molecule has 1 aromatic carbocycles. The Morgan fingerprint density at radius 1 is 1.50 bits per heavy atom. The molecule has 0 saturated carbocycles. The summed E-state index contributed by atoms with van der Waals surface area (Å²) < 4.78 is 6.00. The van der Waals surface area contributed by atoms with Crippen LogP contribution in [0, 0.1) is 0 Å². The smallest absolute Gasteiger partial charge is 0.243 e. The van der Waals surface area contributed by atoms with Gasteiger partial charge in [0.1, 0.15) is 5.75 Å². The number of halogens is 1. The molecular formula is C11H15BrN2O2. The molecule has 4 nitrogen and oxygen atoms in total. The van der Waals surface area contributed by atoms with E-state index in [0.717, 1.165) is 4.47 Å². The standard InChI is InChI=1S/C11H15BrN2O2/c1-11(2,13)10(15)14-8-6-7(12)4-5-9(8)16-3/h4-6H,13H2,1-3H3,(H,14,15). The first-order chi connectivity index (χ1) is 7.34. The van der Waals surface area contributed by atoms with Gasteiger partial charge in [-0.05, 0) is 32.0 Å². The second-order valence-electron chi connectivity index (χ2n) is 4.02. The zero-order chi connectivity index (χ0) is 12.3. The summed E-state index contributed by atoms with van der Waals surface area (Å²) in [5.41, 5.74) is 5.37.